The number of carbonyl (C=O) groups excluding carboxylic acids is 3. The molecule has 4 aromatic heterocycles. The number of ether oxygens (including phenoxy) is 1. The fourth-order valence-corrected chi connectivity index (χ4v) is 9.09. The number of anilines is 3. The van der Waals surface area contributed by atoms with Crippen LogP contribution in [0.2, 0.25) is 0 Å². The highest BCUT2D eigenvalue weighted by Gasteiger charge is 2.33. The number of urea groups is 1. The number of hydrogen-bond donors (Lipinski definition) is 2. The van der Waals surface area contributed by atoms with Gasteiger partial charge in [-0.3, -0.25) is 29.1 Å². The Hall–Kier alpha value is -5.29. The maximum atomic E-state index is 13.2. The van der Waals surface area contributed by atoms with Gasteiger partial charge in [-0.25, -0.2) is 19.7 Å². The molecule has 1 saturated carbocycles. The van der Waals surface area contributed by atoms with Crippen molar-refractivity contribution < 1.29 is 32.3 Å². The lowest BCUT2D eigenvalue weighted by Gasteiger charge is -2.39. The third kappa shape index (κ3) is 7.42. The van der Waals surface area contributed by atoms with Crippen molar-refractivity contribution in [2.45, 2.75) is 51.1 Å². The van der Waals surface area contributed by atoms with Gasteiger partial charge < -0.3 is 15.0 Å². The number of amides is 4. The molecule has 6 heterocycles. The predicted molar refractivity (Wildman–Crippen MR) is 202 cm³/mol. The van der Waals surface area contributed by atoms with Crippen LogP contribution in [0.1, 0.15) is 64.8 Å². The molecule has 17 heteroatoms. The maximum Gasteiger partial charge on any atom is 0.433 e. The normalized spacial score (nSPS) is 19.9. The van der Waals surface area contributed by atoms with Gasteiger partial charge in [-0.1, -0.05) is 6.07 Å². The van der Waals surface area contributed by atoms with Crippen molar-refractivity contribution in [2.24, 2.45) is 5.92 Å². The van der Waals surface area contributed by atoms with Gasteiger partial charge in [-0.05, 0) is 62.8 Å². The summed E-state index contributed by atoms with van der Waals surface area (Å²) in [6.07, 6.45) is 3.52. The first-order valence-corrected chi connectivity index (χ1v) is 19.2. The van der Waals surface area contributed by atoms with Crippen molar-refractivity contribution >= 4 is 62.2 Å². The molecule has 3 aliphatic rings. The third-order valence-corrected chi connectivity index (χ3v) is 12.1. The number of nitrogens with zero attached hydrogens (tertiary/aromatic N) is 7. The number of carbonyl (C=O) groups is 3. The van der Waals surface area contributed by atoms with Crippen molar-refractivity contribution in [3.8, 4) is 5.75 Å². The molecule has 3 fully saturated rings. The Morgan fingerprint density at radius 3 is 2.55 bits per heavy atom. The van der Waals surface area contributed by atoms with Gasteiger partial charge >= 0.3 is 12.2 Å². The number of imidazole rings is 1. The molecule has 4 amide bonds. The largest absolute Gasteiger partial charge is 0.494 e. The Morgan fingerprint density at radius 2 is 1.82 bits per heavy atom. The van der Waals surface area contributed by atoms with Crippen molar-refractivity contribution in [3.63, 3.8) is 0 Å². The van der Waals surface area contributed by atoms with Crippen LogP contribution in [0.4, 0.5) is 35.2 Å². The molecule has 5 aromatic rings. The first kappa shape index (κ1) is 36.7. The minimum atomic E-state index is -4.66. The molecule has 0 radical (unpaired) electrons. The summed E-state index contributed by atoms with van der Waals surface area (Å²) in [5, 5.41) is 6.09. The lowest BCUT2D eigenvalue weighted by molar-refractivity contribution is -0.141. The molecular formula is C38H40F3N9O4S. The van der Waals surface area contributed by atoms with Crippen LogP contribution in [-0.4, -0.2) is 88.5 Å². The van der Waals surface area contributed by atoms with Gasteiger partial charge in [0.05, 0.1) is 34.2 Å². The number of benzene rings is 1. The van der Waals surface area contributed by atoms with Crippen LogP contribution in [0.25, 0.3) is 15.9 Å². The van der Waals surface area contributed by atoms with E-state index in [0.717, 1.165) is 103 Å². The molecule has 1 aromatic carbocycles. The highest BCUT2D eigenvalue weighted by atomic mass is 32.1. The maximum absolute atomic E-state index is 13.2. The quantitative estimate of drug-likeness (QED) is 0.182. The van der Waals surface area contributed by atoms with Gasteiger partial charge in [0.15, 0.2) is 0 Å². The summed E-state index contributed by atoms with van der Waals surface area (Å²) < 4.78 is 47.8. The lowest BCUT2D eigenvalue weighted by atomic mass is 9.82. The molecule has 8 rings (SSSR count). The number of halogens is 3. The molecule has 2 saturated heterocycles. The number of piperazine rings is 1. The van der Waals surface area contributed by atoms with E-state index in [9.17, 15) is 27.6 Å². The van der Waals surface area contributed by atoms with Crippen molar-refractivity contribution in [3.05, 3.63) is 70.8 Å². The fraction of sp³-hybridized carbons (Fsp3) is 0.421. The van der Waals surface area contributed by atoms with E-state index in [0.29, 0.717) is 35.6 Å². The summed E-state index contributed by atoms with van der Waals surface area (Å²) in [4.78, 5) is 56.6. The van der Waals surface area contributed by atoms with E-state index in [1.54, 1.807) is 34.6 Å². The van der Waals surface area contributed by atoms with Gasteiger partial charge in [-0.2, -0.15) is 13.2 Å². The number of imide groups is 1. The van der Waals surface area contributed by atoms with E-state index in [1.807, 2.05) is 10.6 Å². The number of hydrogen-bond acceptors (Lipinski definition) is 10. The van der Waals surface area contributed by atoms with E-state index in [4.69, 9.17) is 9.72 Å². The Morgan fingerprint density at radius 1 is 1.04 bits per heavy atom. The molecule has 1 aliphatic carbocycles. The van der Waals surface area contributed by atoms with Crippen LogP contribution in [-0.2, 0) is 11.0 Å². The summed E-state index contributed by atoms with van der Waals surface area (Å²) in [5.74, 6) is 0.910. The van der Waals surface area contributed by atoms with Crippen LogP contribution in [0, 0.1) is 12.8 Å². The first-order chi connectivity index (χ1) is 26.4. The van der Waals surface area contributed by atoms with E-state index in [2.05, 4.69) is 43.4 Å². The SMILES string of the molecule is COc1cc2nc(C3CCC(CN4CCN(c5ccn6c(N7CCC(=O)NC7=O)cnc6c5C)CC4)CC3)sc2cc1NC(=O)c1cccc(C(F)(F)F)n1. The standard InChI is InChI=1S/C38H40F3N9O4S/c1-22-28(10-12-49-33(20-42-34(22)49)50-13-11-32(51)46-37(50)53)48-16-14-47(15-17-48)21-23-6-8-24(9-7-23)36-45-27-18-29(54-2)26(19-30(27)55-36)44-35(52)25-4-3-5-31(43-25)38(39,40)41/h3-5,10,12,18-20,23-24H,6-9,11,13-17,21H2,1-2H3,(H,44,52)(H,46,51,53). The average molecular weight is 776 g/mol. The Bertz CT molecular complexity index is 2280. The number of alkyl halides is 3. The van der Waals surface area contributed by atoms with Crippen molar-refractivity contribution in [1.29, 1.82) is 0 Å². The second kappa shape index (κ2) is 14.7. The summed E-state index contributed by atoms with van der Waals surface area (Å²) in [6.45, 7) is 7.19. The van der Waals surface area contributed by atoms with E-state index in [-0.39, 0.29) is 18.0 Å². The number of nitrogens with one attached hydrogen (secondary N) is 2. The monoisotopic (exact) mass is 775 g/mol. The molecule has 0 bridgehead atoms. The summed E-state index contributed by atoms with van der Waals surface area (Å²) in [5.41, 5.74) is 2.60. The Labute approximate surface area is 318 Å². The van der Waals surface area contributed by atoms with E-state index in [1.165, 1.54) is 13.2 Å². The van der Waals surface area contributed by atoms with E-state index < -0.39 is 23.8 Å². The number of fused-ring (bicyclic) bond motifs is 2. The second-order valence-electron chi connectivity index (χ2n) is 14.3. The van der Waals surface area contributed by atoms with Gasteiger partial charge in [0.2, 0.25) is 5.91 Å². The minimum absolute atomic E-state index is 0.255. The first-order valence-electron chi connectivity index (χ1n) is 18.3. The number of rotatable bonds is 8. The number of thiazole rings is 1. The van der Waals surface area contributed by atoms with Gasteiger partial charge in [-0.15, -0.1) is 11.3 Å². The van der Waals surface area contributed by atoms with Gasteiger partial charge in [0, 0.05) is 75.1 Å². The van der Waals surface area contributed by atoms with Gasteiger partial charge in [0.1, 0.15) is 28.6 Å². The van der Waals surface area contributed by atoms with E-state index >= 15 is 0 Å². The highest BCUT2D eigenvalue weighted by molar-refractivity contribution is 7.18. The molecule has 0 atom stereocenters. The molecule has 0 unspecified atom stereocenters. The zero-order chi connectivity index (χ0) is 38.4. The van der Waals surface area contributed by atoms with Crippen molar-refractivity contribution in [2.75, 3.05) is 61.5 Å². The highest BCUT2D eigenvalue weighted by Crippen LogP contribution is 2.41. The summed E-state index contributed by atoms with van der Waals surface area (Å²) >= 11 is 1.57. The predicted octanol–water partition coefficient (Wildman–Crippen LogP) is 6.47. The molecule has 2 aliphatic heterocycles. The number of aryl methyl sites for hydroxylation is 1. The van der Waals surface area contributed by atoms with Crippen molar-refractivity contribution in [1.82, 2.24) is 29.6 Å². The minimum Gasteiger partial charge on any atom is -0.494 e. The van der Waals surface area contributed by atoms with Crippen LogP contribution in [0.5, 0.6) is 5.75 Å². The van der Waals surface area contributed by atoms with Gasteiger partial charge in [0.25, 0.3) is 5.91 Å². The molecule has 288 valence electrons. The molecule has 55 heavy (non-hydrogen) atoms. The molecular weight excluding hydrogens is 736 g/mol. The smallest absolute Gasteiger partial charge is 0.433 e. The molecule has 13 nitrogen and oxygen atoms in total. The number of aromatic nitrogens is 4. The second-order valence-corrected chi connectivity index (χ2v) is 15.4. The third-order valence-electron chi connectivity index (χ3n) is 10.9. The zero-order valence-corrected chi connectivity index (χ0v) is 31.2. The number of methoxy groups -OCH3 is 1. The molecule has 2 N–H and O–H groups in total. The Balaban J connectivity index is 0.853. The topological polar surface area (TPSA) is 137 Å². The van der Waals surface area contributed by atoms with Crippen LogP contribution < -0.4 is 25.2 Å². The summed E-state index contributed by atoms with van der Waals surface area (Å²) in [6, 6.07) is 8.39. The Kier molecular flexibility index (Phi) is 9.83. The summed E-state index contributed by atoms with van der Waals surface area (Å²) in [7, 11) is 1.47. The average Bonchev–Trinajstić information content (AvgIpc) is 3.80. The zero-order valence-electron chi connectivity index (χ0n) is 30.4. The van der Waals surface area contributed by atoms with Crippen LogP contribution in [0.3, 0.4) is 0 Å². The van der Waals surface area contributed by atoms with Crippen LogP contribution in [0.15, 0.2) is 48.8 Å². The number of pyridine rings is 2. The lowest BCUT2D eigenvalue weighted by Crippen LogP contribution is -2.50. The van der Waals surface area contributed by atoms with Crippen LogP contribution >= 0.6 is 11.3 Å². The fourth-order valence-electron chi connectivity index (χ4n) is 7.93. The molecule has 0 spiro atoms.